The molecule has 1 rings (SSSR count). The summed E-state index contributed by atoms with van der Waals surface area (Å²) in [7, 11) is 0. The van der Waals surface area contributed by atoms with Crippen LogP contribution in [0.4, 0.5) is 0 Å². The van der Waals surface area contributed by atoms with E-state index in [1.807, 2.05) is 20.8 Å². The molecule has 1 aromatic rings. The Morgan fingerprint density at radius 3 is 2.75 bits per heavy atom. The molecule has 6 heteroatoms. The number of ether oxygens (including phenoxy) is 1. The highest BCUT2D eigenvalue weighted by molar-refractivity contribution is 6.32. The summed E-state index contributed by atoms with van der Waals surface area (Å²) < 4.78 is 5.20. The van der Waals surface area contributed by atoms with Crippen LogP contribution in [-0.4, -0.2) is 34.8 Å². The quantitative estimate of drug-likeness (QED) is 0.845. The van der Waals surface area contributed by atoms with Crippen molar-refractivity contribution < 1.29 is 14.6 Å². The second-order valence-corrected chi connectivity index (χ2v) is 5.55. The van der Waals surface area contributed by atoms with Crippen molar-refractivity contribution in [2.75, 3.05) is 13.2 Å². The number of hydrogen-bond acceptors (Lipinski definition) is 4. The van der Waals surface area contributed by atoms with E-state index in [9.17, 15) is 9.90 Å². The molecule has 1 amide bonds. The largest absolute Gasteiger partial charge is 0.477 e. The van der Waals surface area contributed by atoms with Crippen molar-refractivity contribution in [2.45, 2.75) is 33.3 Å². The molecule has 0 saturated heterocycles. The molecular weight excluding hydrogens is 280 g/mol. The van der Waals surface area contributed by atoms with Crippen molar-refractivity contribution in [2.24, 2.45) is 5.92 Å². The van der Waals surface area contributed by atoms with Gasteiger partial charge in [0.05, 0.1) is 17.8 Å². The molecule has 112 valence electrons. The molecule has 0 aliphatic rings. The second-order valence-electron chi connectivity index (χ2n) is 5.14. The minimum Gasteiger partial charge on any atom is -0.477 e. The summed E-state index contributed by atoms with van der Waals surface area (Å²) in [6, 6.07) is 1.50. The predicted octanol–water partition coefficient (Wildman–Crippen LogP) is 2.27. The number of rotatable bonds is 6. The topological polar surface area (TPSA) is 71.5 Å². The fourth-order valence-corrected chi connectivity index (χ4v) is 1.58. The van der Waals surface area contributed by atoms with Crippen molar-refractivity contribution in [1.29, 1.82) is 0 Å². The Labute approximate surface area is 124 Å². The number of halogens is 1. The highest BCUT2D eigenvalue weighted by Gasteiger charge is 2.25. The highest BCUT2D eigenvalue weighted by atomic mass is 35.5. The minimum atomic E-state index is -0.960. The van der Waals surface area contributed by atoms with Crippen LogP contribution >= 0.6 is 11.6 Å². The van der Waals surface area contributed by atoms with Crippen molar-refractivity contribution >= 4 is 17.5 Å². The van der Waals surface area contributed by atoms with E-state index in [1.54, 1.807) is 6.92 Å². The van der Waals surface area contributed by atoms with Crippen LogP contribution in [0.15, 0.2) is 12.3 Å². The predicted molar refractivity (Wildman–Crippen MR) is 78.2 cm³/mol. The zero-order valence-corrected chi connectivity index (χ0v) is 13.0. The van der Waals surface area contributed by atoms with E-state index in [4.69, 9.17) is 16.3 Å². The number of nitrogens with zero attached hydrogens (tertiary/aromatic N) is 1. The SMILES string of the molecule is CCOc1ncc(C(=O)NC[C@@](C)(O)C(C)C)cc1Cl. The van der Waals surface area contributed by atoms with Crippen LogP contribution in [0.25, 0.3) is 0 Å². The fraction of sp³-hybridized carbons (Fsp3) is 0.571. The normalized spacial score (nSPS) is 13.9. The first-order chi connectivity index (χ1) is 9.27. The molecule has 0 aliphatic carbocycles. The van der Waals surface area contributed by atoms with Gasteiger partial charge in [-0.25, -0.2) is 4.98 Å². The minimum absolute atomic E-state index is 0.0323. The molecule has 0 unspecified atom stereocenters. The Hall–Kier alpha value is -1.33. The van der Waals surface area contributed by atoms with Gasteiger partial charge in [0.2, 0.25) is 5.88 Å². The van der Waals surface area contributed by atoms with Gasteiger partial charge in [-0.2, -0.15) is 0 Å². The Bertz CT molecular complexity index is 475. The summed E-state index contributed by atoms with van der Waals surface area (Å²) in [5.41, 5.74) is -0.629. The number of amides is 1. The number of carbonyl (C=O) groups excluding carboxylic acids is 1. The lowest BCUT2D eigenvalue weighted by Crippen LogP contribution is -2.44. The number of aliphatic hydroxyl groups is 1. The van der Waals surface area contributed by atoms with Crippen LogP contribution in [0.1, 0.15) is 38.1 Å². The Balaban J connectivity index is 2.71. The van der Waals surface area contributed by atoms with E-state index in [-0.39, 0.29) is 23.4 Å². The molecule has 0 bridgehead atoms. The lowest BCUT2D eigenvalue weighted by atomic mass is 9.92. The van der Waals surface area contributed by atoms with Gasteiger partial charge < -0.3 is 15.2 Å². The van der Waals surface area contributed by atoms with E-state index in [1.165, 1.54) is 12.3 Å². The summed E-state index contributed by atoms with van der Waals surface area (Å²) in [6.45, 7) is 7.90. The number of pyridine rings is 1. The molecule has 0 aliphatic heterocycles. The maximum atomic E-state index is 12.0. The summed E-state index contributed by atoms with van der Waals surface area (Å²) in [6.07, 6.45) is 1.40. The van der Waals surface area contributed by atoms with Gasteiger partial charge in [0.15, 0.2) is 0 Å². The maximum Gasteiger partial charge on any atom is 0.253 e. The Morgan fingerprint density at radius 2 is 2.25 bits per heavy atom. The number of carbonyl (C=O) groups is 1. The standard InChI is InChI=1S/C14H21ClN2O3/c1-5-20-13-11(15)6-10(7-16-13)12(18)17-8-14(4,19)9(2)3/h6-7,9,19H,5,8H2,1-4H3,(H,17,18)/t14-/m1/s1. The molecule has 20 heavy (non-hydrogen) atoms. The summed E-state index contributed by atoms with van der Waals surface area (Å²) >= 11 is 5.98. The van der Waals surface area contributed by atoms with Gasteiger partial charge in [0, 0.05) is 12.7 Å². The van der Waals surface area contributed by atoms with Crippen LogP contribution in [0, 0.1) is 5.92 Å². The van der Waals surface area contributed by atoms with Gasteiger partial charge in [-0.3, -0.25) is 4.79 Å². The summed E-state index contributed by atoms with van der Waals surface area (Å²) in [5.74, 6) is 0.00751. The smallest absolute Gasteiger partial charge is 0.253 e. The second kappa shape index (κ2) is 6.90. The summed E-state index contributed by atoms with van der Waals surface area (Å²) in [5, 5.41) is 13.0. The molecule has 0 saturated carbocycles. The van der Waals surface area contributed by atoms with Gasteiger partial charge in [0.1, 0.15) is 5.02 Å². The van der Waals surface area contributed by atoms with Gasteiger partial charge in [0.25, 0.3) is 5.91 Å². The molecule has 0 aromatic carbocycles. The molecule has 5 nitrogen and oxygen atoms in total. The summed E-state index contributed by atoms with van der Waals surface area (Å²) in [4.78, 5) is 16.0. The third-order valence-electron chi connectivity index (χ3n) is 3.20. The van der Waals surface area contributed by atoms with Crippen molar-refractivity contribution in [3.05, 3.63) is 22.8 Å². The monoisotopic (exact) mass is 300 g/mol. The Kier molecular flexibility index (Phi) is 5.77. The van der Waals surface area contributed by atoms with Crippen LogP contribution in [0.2, 0.25) is 5.02 Å². The van der Waals surface area contributed by atoms with E-state index >= 15 is 0 Å². The van der Waals surface area contributed by atoms with E-state index in [0.717, 1.165) is 0 Å². The van der Waals surface area contributed by atoms with Gasteiger partial charge >= 0.3 is 0 Å². The van der Waals surface area contributed by atoms with E-state index in [2.05, 4.69) is 10.3 Å². The third kappa shape index (κ3) is 4.35. The van der Waals surface area contributed by atoms with Crippen LogP contribution in [-0.2, 0) is 0 Å². The average molecular weight is 301 g/mol. The lowest BCUT2D eigenvalue weighted by Gasteiger charge is -2.27. The van der Waals surface area contributed by atoms with Gasteiger partial charge in [-0.15, -0.1) is 0 Å². The average Bonchev–Trinajstić information content (AvgIpc) is 2.38. The highest BCUT2D eigenvalue weighted by Crippen LogP contribution is 2.22. The molecule has 2 N–H and O–H groups in total. The molecule has 0 spiro atoms. The maximum absolute atomic E-state index is 12.0. The first-order valence-electron chi connectivity index (χ1n) is 6.56. The van der Waals surface area contributed by atoms with Gasteiger partial charge in [-0.05, 0) is 25.8 Å². The van der Waals surface area contributed by atoms with Crippen LogP contribution in [0.3, 0.4) is 0 Å². The van der Waals surface area contributed by atoms with Crippen molar-refractivity contribution in [3.63, 3.8) is 0 Å². The molecular formula is C14H21ClN2O3. The molecule has 0 radical (unpaired) electrons. The molecule has 1 heterocycles. The van der Waals surface area contributed by atoms with Crippen LogP contribution < -0.4 is 10.1 Å². The molecule has 0 fully saturated rings. The first-order valence-corrected chi connectivity index (χ1v) is 6.94. The number of hydrogen-bond donors (Lipinski definition) is 2. The number of nitrogens with one attached hydrogen (secondary N) is 1. The first kappa shape index (κ1) is 16.7. The fourth-order valence-electron chi connectivity index (χ4n) is 1.36. The van der Waals surface area contributed by atoms with Crippen LogP contribution in [0.5, 0.6) is 5.88 Å². The lowest BCUT2D eigenvalue weighted by molar-refractivity contribution is 0.0142. The van der Waals surface area contributed by atoms with Gasteiger partial charge in [-0.1, -0.05) is 25.4 Å². The van der Waals surface area contributed by atoms with E-state index in [0.29, 0.717) is 18.1 Å². The molecule has 1 atom stereocenters. The zero-order chi connectivity index (χ0) is 15.3. The molecule has 1 aromatic heterocycles. The van der Waals surface area contributed by atoms with Crippen molar-refractivity contribution in [3.8, 4) is 5.88 Å². The van der Waals surface area contributed by atoms with E-state index < -0.39 is 5.60 Å². The Morgan fingerprint density at radius 1 is 1.60 bits per heavy atom. The number of aromatic nitrogens is 1. The van der Waals surface area contributed by atoms with Crippen molar-refractivity contribution in [1.82, 2.24) is 10.3 Å². The zero-order valence-electron chi connectivity index (χ0n) is 12.2. The third-order valence-corrected chi connectivity index (χ3v) is 3.47.